The Bertz CT molecular complexity index is 241. The van der Waals surface area contributed by atoms with Crippen LogP contribution >= 0.6 is 11.8 Å². The molecule has 2 fully saturated rings. The molecule has 0 bridgehead atoms. The number of thioether (sulfide) groups is 1. The SMILES string of the molecule is CC1CCCCC1OC(=O)C1CSCCN1. The van der Waals surface area contributed by atoms with Gasteiger partial charge in [-0.05, 0) is 25.2 Å². The minimum absolute atomic E-state index is 0.0362. The standard InChI is InChI=1S/C12H21NO2S/c1-9-4-2-3-5-11(9)15-12(14)10-8-16-7-6-13-10/h9-11,13H,2-8H2,1H3. The molecule has 2 aliphatic rings. The molecule has 0 radical (unpaired) electrons. The first-order valence-electron chi connectivity index (χ1n) is 6.29. The van der Waals surface area contributed by atoms with Gasteiger partial charge < -0.3 is 10.1 Å². The van der Waals surface area contributed by atoms with E-state index >= 15 is 0 Å². The zero-order chi connectivity index (χ0) is 11.4. The van der Waals surface area contributed by atoms with Crippen molar-refractivity contribution in [3.05, 3.63) is 0 Å². The number of hydrogen-bond acceptors (Lipinski definition) is 4. The van der Waals surface area contributed by atoms with Crippen LogP contribution in [0.1, 0.15) is 32.6 Å². The molecule has 4 heteroatoms. The number of ether oxygens (including phenoxy) is 1. The lowest BCUT2D eigenvalue weighted by atomic mass is 9.88. The molecule has 1 saturated carbocycles. The van der Waals surface area contributed by atoms with Crippen molar-refractivity contribution < 1.29 is 9.53 Å². The summed E-state index contributed by atoms with van der Waals surface area (Å²) in [6.07, 6.45) is 4.90. The third-order valence-corrected chi connectivity index (χ3v) is 4.57. The first-order chi connectivity index (χ1) is 7.77. The largest absolute Gasteiger partial charge is 0.461 e. The second-order valence-electron chi connectivity index (χ2n) is 4.82. The van der Waals surface area contributed by atoms with E-state index < -0.39 is 0 Å². The van der Waals surface area contributed by atoms with Crippen LogP contribution in [0.5, 0.6) is 0 Å². The van der Waals surface area contributed by atoms with Crippen LogP contribution in [-0.4, -0.2) is 36.2 Å². The van der Waals surface area contributed by atoms with E-state index in [-0.39, 0.29) is 18.1 Å². The lowest BCUT2D eigenvalue weighted by molar-refractivity contribution is -0.155. The maximum absolute atomic E-state index is 11.9. The number of nitrogens with one attached hydrogen (secondary N) is 1. The van der Waals surface area contributed by atoms with Gasteiger partial charge in [0.25, 0.3) is 0 Å². The normalized spacial score (nSPS) is 35.7. The zero-order valence-electron chi connectivity index (χ0n) is 9.91. The summed E-state index contributed by atoms with van der Waals surface area (Å²) in [7, 11) is 0. The van der Waals surface area contributed by atoms with Crippen molar-refractivity contribution in [2.75, 3.05) is 18.1 Å². The molecule has 0 spiro atoms. The van der Waals surface area contributed by atoms with Gasteiger partial charge in [0.15, 0.2) is 0 Å². The van der Waals surface area contributed by atoms with Crippen LogP contribution < -0.4 is 5.32 Å². The number of hydrogen-bond donors (Lipinski definition) is 1. The highest BCUT2D eigenvalue weighted by molar-refractivity contribution is 7.99. The third kappa shape index (κ3) is 3.14. The first kappa shape index (κ1) is 12.2. The van der Waals surface area contributed by atoms with Crippen LogP contribution in [0.15, 0.2) is 0 Å². The summed E-state index contributed by atoms with van der Waals surface area (Å²) < 4.78 is 5.63. The van der Waals surface area contributed by atoms with Crippen molar-refractivity contribution in [1.29, 1.82) is 0 Å². The van der Waals surface area contributed by atoms with Crippen LogP contribution in [-0.2, 0) is 9.53 Å². The average molecular weight is 243 g/mol. The zero-order valence-corrected chi connectivity index (χ0v) is 10.7. The molecule has 3 nitrogen and oxygen atoms in total. The number of esters is 1. The van der Waals surface area contributed by atoms with Crippen molar-refractivity contribution >= 4 is 17.7 Å². The topological polar surface area (TPSA) is 38.3 Å². The molecule has 0 aromatic heterocycles. The molecule has 2 rings (SSSR count). The van der Waals surface area contributed by atoms with Crippen LogP contribution in [0.3, 0.4) is 0 Å². The van der Waals surface area contributed by atoms with Crippen molar-refractivity contribution in [2.45, 2.75) is 44.8 Å². The molecular formula is C12H21NO2S. The van der Waals surface area contributed by atoms with Gasteiger partial charge in [-0.3, -0.25) is 4.79 Å². The number of carbonyl (C=O) groups excluding carboxylic acids is 1. The van der Waals surface area contributed by atoms with Gasteiger partial charge in [0.1, 0.15) is 12.1 Å². The molecule has 0 aromatic carbocycles. The van der Waals surface area contributed by atoms with E-state index in [9.17, 15) is 4.79 Å². The van der Waals surface area contributed by atoms with Gasteiger partial charge in [-0.2, -0.15) is 11.8 Å². The highest BCUT2D eigenvalue weighted by Gasteiger charge is 2.29. The Hall–Kier alpha value is -0.220. The molecule has 3 atom stereocenters. The predicted molar refractivity (Wildman–Crippen MR) is 66.6 cm³/mol. The lowest BCUT2D eigenvalue weighted by Gasteiger charge is -2.30. The van der Waals surface area contributed by atoms with E-state index in [4.69, 9.17) is 4.74 Å². The number of carbonyl (C=O) groups is 1. The van der Waals surface area contributed by atoms with E-state index in [1.807, 2.05) is 11.8 Å². The molecule has 1 saturated heterocycles. The second-order valence-corrected chi connectivity index (χ2v) is 5.97. The summed E-state index contributed by atoms with van der Waals surface area (Å²) >= 11 is 1.83. The molecule has 16 heavy (non-hydrogen) atoms. The van der Waals surface area contributed by atoms with Gasteiger partial charge in [-0.25, -0.2) is 0 Å². The fraction of sp³-hybridized carbons (Fsp3) is 0.917. The Morgan fingerprint density at radius 3 is 2.88 bits per heavy atom. The quantitative estimate of drug-likeness (QED) is 0.751. The van der Waals surface area contributed by atoms with Crippen LogP contribution in [0, 0.1) is 5.92 Å². The summed E-state index contributed by atoms with van der Waals surface area (Å²) in [6.45, 7) is 3.12. The summed E-state index contributed by atoms with van der Waals surface area (Å²) in [6, 6.07) is -0.0760. The van der Waals surface area contributed by atoms with Gasteiger partial charge in [0, 0.05) is 18.1 Å². The number of rotatable bonds is 2. The van der Waals surface area contributed by atoms with Crippen LogP contribution in [0.4, 0.5) is 0 Å². The van der Waals surface area contributed by atoms with E-state index in [2.05, 4.69) is 12.2 Å². The fourth-order valence-corrected chi connectivity index (χ4v) is 3.32. The molecule has 92 valence electrons. The molecule has 1 N–H and O–H groups in total. The van der Waals surface area contributed by atoms with Gasteiger partial charge in [0.2, 0.25) is 0 Å². The van der Waals surface area contributed by atoms with Crippen molar-refractivity contribution in [2.24, 2.45) is 5.92 Å². The Morgan fingerprint density at radius 1 is 1.38 bits per heavy atom. The van der Waals surface area contributed by atoms with Gasteiger partial charge in [-0.15, -0.1) is 0 Å². The highest BCUT2D eigenvalue weighted by atomic mass is 32.2. The van der Waals surface area contributed by atoms with Gasteiger partial charge in [-0.1, -0.05) is 13.3 Å². The first-order valence-corrected chi connectivity index (χ1v) is 7.44. The second kappa shape index (κ2) is 5.92. The minimum Gasteiger partial charge on any atom is -0.461 e. The van der Waals surface area contributed by atoms with Crippen LogP contribution in [0.2, 0.25) is 0 Å². The molecule has 1 aliphatic heterocycles. The Balaban J connectivity index is 1.80. The van der Waals surface area contributed by atoms with Crippen molar-refractivity contribution in [3.63, 3.8) is 0 Å². The monoisotopic (exact) mass is 243 g/mol. The Kier molecular flexibility index (Phi) is 4.53. The Labute approximate surface area is 102 Å². The maximum Gasteiger partial charge on any atom is 0.324 e. The molecule has 1 heterocycles. The molecular weight excluding hydrogens is 222 g/mol. The van der Waals surface area contributed by atoms with Crippen molar-refractivity contribution in [3.8, 4) is 0 Å². The van der Waals surface area contributed by atoms with E-state index in [0.717, 1.165) is 24.5 Å². The molecule has 3 unspecified atom stereocenters. The smallest absolute Gasteiger partial charge is 0.324 e. The predicted octanol–water partition coefficient (Wildman–Crippen LogP) is 1.81. The summed E-state index contributed by atoms with van der Waals surface area (Å²) in [5.41, 5.74) is 0. The molecule has 0 amide bonds. The van der Waals surface area contributed by atoms with E-state index in [0.29, 0.717) is 5.92 Å². The molecule has 0 aromatic rings. The maximum atomic E-state index is 11.9. The van der Waals surface area contributed by atoms with Crippen LogP contribution in [0.25, 0.3) is 0 Å². The summed E-state index contributed by atoms with van der Waals surface area (Å²) in [5, 5.41) is 3.23. The van der Waals surface area contributed by atoms with Gasteiger partial charge >= 0.3 is 5.97 Å². The molecule has 1 aliphatic carbocycles. The van der Waals surface area contributed by atoms with E-state index in [1.165, 1.54) is 19.3 Å². The van der Waals surface area contributed by atoms with E-state index in [1.54, 1.807) is 0 Å². The average Bonchev–Trinajstić information content (AvgIpc) is 2.33. The summed E-state index contributed by atoms with van der Waals surface area (Å²) in [4.78, 5) is 11.9. The minimum atomic E-state index is -0.0760. The lowest BCUT2D eigenvalue weighted by Crippen LogP contribution is -2.46. The van der Waals surface area contributed by atoms with Gasteiger partial charge in [0.05, 0.1) is 0 Å². The summed E-state index contributed by atoms with van der Waals surface area (Å²) in [5.74, 6) is 2.46. The Morgan fingerprint density at radius 2 is 2.19 bits per heavy atom. The third-order valence-electron chi connectivity index (χ3n) is 3.51. The fourth-order valence-electron chi connectivity index (χ4n) is 2.41. The highest BCUT2D eigenvalue weighted by Crippen LogP contribution is 2.26. The van der Waals surface area contributed by atoms with Crippen molar-refractivity contribution in [1.82, 2.24) is 5.32 Å².